The lowest BCUT2D eigenvalue weighted by molar-refractivity contribution is -0.150. The van der Waals surface area contributed by atoms with Crippen molar-refractivity contribution >= 4 is 23.2 Å². The summed E-state index contributed by atoms with van der Waals surface area (Å²) >= 11 is 0. The van der Waals surface area contributed by atoms with Crippen molar-refractivity contribution in [3.05, 3.63) is 66.1 Å². The summed E-state index contributed by atoms with van der Waals surface area (Å²) in [4.78, 5) is 37.0. The second-order valence-corrected chi connectivity index (χ2v) is 10.8. The standard InChI is InChI=1S/C30H35N7O4/c1-4-21-13-30(32,12-17(2)36(21)29(41)24(40)16-38)26-25(18(3)39)27(31)37-28(35-26)22(15-34-37)20-10-11-23(33-14-20)19-8-6-5-7-9-19/h5-11,14-15,17,21,24,38,40H,4,12-13,16,31-32H2,1-3H3. The predicted octanol–water partition coefficient (Wildman–Crippen LogP) is 2.54. The van der Waals surface area contributed by atoms with Gasteiger partial charge in [-0.05, 0) is 39.2 Å². The third kappa shape index (κ3) is 4.96. The molecular formula is C30H35N7O4. The molecule has 4 atom stereocenters. The van der Waals surface area contributed by atoms with Crippen LogP contribution in [0.25, 0.3) is 28.0 Å². The van der Waals surface area contributed by atoms with Gasteiger partial charge in [0.05, 0.1) is 35.3 Å². The van der Waals surface area contributed by atoms with E-state index in [1.807, 2.05) is 56.3 Å². The van der Waals surface area contributed by atoms with Crippen molar-refractivity contribution in [2.45, 2.75) is 63.8 Å². The zero-order valence-corrected chi connectivity index (χ0v) is 23.4. The number of likely N-dealkylation sites (tertiary alicyclic amines) is 1. The Morgan fingerprint density at radius 3 is 2.46 bits per heavy atom. The number of nitrogens with two attached hydrogens (primary N) is 2. The first-order valence-corrected chi connectivity index (χ1v) is 13.7. The van der Waals surface area contributed by atoms with E-state index < -0.39 is 30.2 Å². The summed E-state index contributed by atoms with van der Waals surface area (Å²) in [6.07, 6.45) is 3.00. The van der Waals surface area contributed by atoms with Crippen LogP contribution in [0.5, 0.6) is 0 Å². The van der Waals surface area contributed by atoms with Crippen molar-refractivity contribution in [1.82, 2.24) is 24.5 Å². The van der Waals surface area contributed by atoms with Crippen molar-refractivity contribution < 1.29 is 19.8 Å². The molecule has 4 unspecified atom stereocenters. The molecule has 41 heavy (non-hydrogen) atoms. The monoisotopic (exact) mass is 557 g/mol. The molecule has 0 aliphatic carbocycles. The zero-order chi connectivity index (χ0) is 29.5. The summed E-state index contributed by atoms with van der Waals surface area (Å²) < 4.78 is 1.45. The highest BCUT2D eigenvalue weighted by Gasteiger charge is 2.47. The molecule has 11 nitrogen and oxygen atoms in total. The van der Waals surface area contributed by atoms with E-state index in [2.05, 4.69) is 10.1 Å². The maximum absolute atomic E-state index is 12.9. The first-order valence-electron chi connectivity index (χ1n) is 13.7. The van der Waals surface area contributed by atoms with Crippen molar-refractivity contribution in [2.24, 2.45) is 5.73 Å². The maximum atomic E-state index is 12.9. The molecule has 0 bridgehead atoms. The van der Waals surface area contributed by atoms with E-state index in [0.29, 0.717) is 23.3 Å². The number of benzene rings is 1. The first-order chi connectivity index (χ1) is 19.6. The van der Waals surface area contributed by atoms with Crippen molar-refractivity contribution in [1.29, 1.82) is 0 Å². The quantitative estimate of drug-likeness (QED) is 0.249. The van der Waals surface area contributed by atoms with Crippen molar-refractivity contribution in [3.63, 3.8) is 0 Å². The van der Waals surface area contributed by atoms with Crippen LogP contribution in [0.1, 0.15) is 56.1 Å². The molecule has 4 heterocycles. The molecule has 6 N–H and O–H groups in total. The van der Waals surface area contributed by atoms with Gasteiger partial charge in [0.25, 0.3) is 5.91 Å². The van der Waals surface area contributed by atoms with Crippen LogP contribution in [0, 0.1) is 0 Å². The summed E-state index contributed by atoms with van der Waals surface area (Å²) in [6.45, 7) is 4.51. The van der Waals surface area contributed by atoms with E-state index in [4.69, 9.17) is 16.5 Å². The summed E-state index contributed by atoms with van der Waals surface area (Å²) in [5.74, 6) is -0.706. The minimum atomic E-state index is -1.51. The van der Waals surface area contributed by atoms with Crippen LogP contribution in [0.15, 0.2) is 54.9 Å². The Labute approximate surface area is 237 Å². The molecular weight excluding hydrogens is 522 g/mol. The van der Waals surface area contributed by atoms with Crippen LogP contribution in [0.4, 0.5) is 5.82 Å². The van der Waals surface area contributed by atoms with Gasteiger partial charge in [-0.1, -0.05) is 43.3 Å². The van der Waals surface area contributed by atoms with Crippen molar-refractivity contribution in [2.75, 3.05) is 12.3 Å². The third-order valence-electron chi connectivity index (χ3n) is 7.96. The van der Waals surface area contributed by atoms with Gasteiger partial charge in [-0.15, -0.1) is 0 Å². The Hall–Kier alpha value is -4.19. The Morgan fingerprint density at radius 1 is 1.12 bits per heavy atom. The molecule has 3 aromatic heterocycles. The number of ketones is 1. The fraction of sp³-hybridized carbons (Fsp3) is 0.367. The average molecular weight is 558 g/mol. The van der Waals surface area contributed by atoms with Crippen LogP contribution in [-0.4, -0.2) is 71.2 Å². The number of aliphatic hydroxyl groups is 2. The fourth-order valence-corrected chi connectivity index (χ4v) is 6.03. The van der Waals surface area contributed by atoms with Crippen LogP contribution >= 0.6 is 0 Å². The van der Waals surface area contributed by atoms with Gasteiger partial charge in [0.1, 0.15) is 5.82 Å². The van der Waals surface area contributed by atoms with Crippen LogP contribution in [0.3, 0.4) is 0 Å². The van der Waals surface area contributed by atoms with Gasteiger partial charge in [-0.2, -0.15) is 9.61 Å². The number of aliphatic hydroxyl groups excluding tert-OH is 2. The molecule has 1 aromatic carbocycles. The molecule has 1 saturated heterocycles. The number of carbonyl (C=O) groups is 2. The van der Waals surface area contributed by atoms with E-state index in [0.717, 1.165) is 16.8 Å². The number of hydrogen-bond acceptors (Lipinski definition) is 9. The second-order valence-electron chi connectivity index (χ2n) is 10.8. The van der Waals surface area contributed by atoms with Gasteiger partial charge in [-0.25, -0.2) is 4.98 Å². The Morgan fingerprint density at radius 2 is 1.85 bits per heavy atom. The highest BCUT2D eigenvalue weighted by Crippen LogP contribution is 2.41. The number of anilines is 1. The molecule has 1 aliphatic rings. The van der Waals surface area contributed by atoms with Gasteiger partial charge in [0, 0.05) is 35.0 Å². The number of carbonyl (C=O) groups excluding carboxylic acids is 2. The fourth-order valence-electron chi connectivity index (χ4n) is 6.03. The summed E-state index contributed by atoms with van der Waals surface area (Å²) in [6, 6.07) is 13.0. The van der Waals surface area contributed by atoms with Gasteiger partial charge >= 0.3 is 0 Å². The van der Waals surface area contributed by atoms with Crippen LogP contribution in [0.2, 0.25) is 0 Å². The SMILES string of the molecule is CCC1CC(N)(c2nc3c(-c4ccc(-c5ccccc5)nc4)cnn3c(N)c2C(C)=O)CC(C)N1C(=O)C(O)CO. The van der Waals surface area contributed by atoms with E-state index >= 15 is 0 Å². The van der Waals surface area contributed by atoms with E-state index in [9.17, 15) is 19.8 Å². The highest BCUT2D eigenvalue weighted by atomic mass is 16.3. The number of aromatic nitrogens is 4. The van der Waals surface area contributed by atoms with E-state index in [1.54, 1.807) is 17.3 Å². The summed E-state index contributed by atoms with van der Waals surface area (Å²) in [5.41, 5.74) is 16.8. The number of Topliss-reactive ketones (excluding diaryl/α,β-unsaturated/α-hetero) is 1. The number of piperidine rings is 1. The maximum Gasteiger partial charge on any atom is 0.254 e. The molecule has 214 valence electrons. The average Bonchev–Trinajstić information content (AvgIpc) is 3.41. The predicted molar refractivity (Wildman–Crippen MR) is 155 cm³/mol. The Bertz CT molecular complexity index is 1590. The van der Waals surface area contributed by atoms with Gasteiger partial charge < -0.3 is 26.6 Å². The normalized spacial score (nSPS) is 21.7. The van der Waals surface area contributed by atoms with Crippen molar-refractivity contribution in [3.8, 4) is 22.4 Å². The van der Waals surface area contributed by atoms with Gasteiger partial charge in [0.15, 0.2) is 17.5 Å². The van der Waals surface area contributed by atoms with Gasteiger partial charge in [0.2, 0.25) is 0 Å². The Kier molecular flexibility index (Phi) is 7.60. The number of hydrogen-bond donors (Lipinski definition) is 4. The molecule has 1 aliphatic heterocycles. The number of nitrogen functional groups attached to an aromatic ring is 1. The molecule has 11 heteroatoms. The number of pyridine rings is 1. The molecule has 4 aromatic rings. The second kappa shape index (κ2) is 11.0. The van der Waals surface area contributed by atoms with E-state index in [1.165, 1.54) is 11.4 Å². The number of fused-ring (bicyclic) bond motifs is 1. The molecule has 0 spiro atoms. The largest absolute Gasteiger partial charge is 0.393 e. The highest BCUT2D eigenvalue weighted by molar-refractivity contribution is 6.00. The number of rotatable bonds is 7. The molecule has 0 saturated carbocycles. The lowest BCUT2D eigenvalue weighted by Gasteiger charge is -2.49. The van der Waals surface area contributed by atoms with Gasteiger partial charge in [-0.3, -0.25) is 14.6 Å². The first kappa shape index (κ1) is 28.3. The Balaban J connectivity index is 1.60. The molecule has 5 rings (SSSR count). The van der Waals surface area contributed by atoms with Crippen LogP contribution < -0.4 is 11.5 Å². The topological polar surface area (TPSA) is 173 Å². The summed E-state index contributed by atoms with van der Waals surface area (Å²) in [5, 5.41) is 23.9. The third-order valence-corrected chi connectivity index (χ3v) is 7.96. The summed E-state index contributed by atoms with van der Waals surface area (Å²) in [7, 11) is 0. The lowest BCUT2D eigenvalue weighted by atomic mass is 9.75. The number of amides is 1. The lowest BCUT2D eigenvalue weighted by Crippen LogP contribution is -2.61. The zero-order valence-electron chi connectivity index (χ0n) is 23.4. The minimum Gasteiger partial charge on any atom is -0.393 e. The molecule has 1 fully saturated rings. The smallest absolute Gasteiger partial charge is 0.254 e. The number of nitrogens with zero attached hydrogens (tertiary/aromatic N) is 5. The van der Waals surface area contributed by atoms with E-state index in [-0.39, 0.29) is 36.0 Å². The minimum absolute atomic E-state index is 0.136. The molecule has 0 radical (unpaired) electrons. The van der Waals surface area contributed by atoms with Crippen LogP contribution in [-0.2, 0) is 10.3 Å². The molecule has 1 amide bonds.